The van der Waals surface area contributed by atoms with Gasteiger partial charge in [0.05, 0.1) is 13.2 Å². The molecule has 0 saturated carbocycles. The zero-order chi connectivity index (χ0) is 18.4. The molecule has 0 aliphatic carbocycles. The Kier molecular flexibility index (Phi) is 5.74. The van der Waals surface area contributed by atoms with Crippen LogP contribution >= 0.6 is 0 Å². The lowest BCUT2D eigenvalue weighted by molar-refractivity contribution is -0.123. The summed E-state index contributed by atoms with van der Waals surface area (Å²) in [5, 5.41) is 5.13. The van der Waals surface area contributed by atoms with Gasteiger partial charge in [0.2, 0.25) is 0 Å². The lowest BCUT2D eigenvalue weighted by Crippen LogP contribution is -2.32. The molecule has 0 heterocycles. The minimum atomic E-state index is -0.138. The van der Waals surface area contributed by atoms with Gasteiger partial charge in [-0.15, -0.1) is 0 Å². The molecule has 0 bridgehead atoms. The van der Waals surface area contributed by atoms with Crippen LogP contribution in [0.25, 0.3) is 10.8 Å². The van der Waals surface area contributed by atoms with Crippen LogP contribution in [0.2, 0.25) is 0 Å². The second kappa shape index (κ2) is 8.39. The first-order chi connectivity index (χ1) is 12.7. The largest absolute Gasteiger partial charge is 0.497 e. The summed E-state index contributed by atoms with van der Waals surface area (Å²) in [5.74, 6) is 1.38. The van der Waals surface area contributed by atoms with Crippen molar-refractivity contribution < 1.29 is 14.3 Å². The molecule has 0 radical (unpaired) electrons. The van der Waals surface area contributed by atoms with Gasteiger partial charge in [-0.05, 0) is 35.6 Å². The normalized spacial score (nSPS) is 11.8. The number of carbonyl (C=O) groups excluding carboxylic acids is 1. The Morgan fingerprint density at radius 2 is 1.73 bits per heavy atom. The number of carbonyl (C=O) groups is 1. The Balaban J connectivity index is 1.63. The van der Waals surface area contributed by atoms with E-state index < -0.39 is 0 Å². The fourth-order valence-corrected chi connectivity index (χ4v) is 2.96. The van der Waals surface area contributed by atoms with Crippen molar-refractivity contribution in [3.05, 3.63) is 72.3 Å². The summed E-state index contributed by atoms with van der Waals surface area (Å²) in [6, 6.07) is 21.5. The smallest absolute Gasteiger partial charge is 0.258 e. The van der Waals surface area contributed by atoms with Crippen LogP contribution in [0.1, 0.15) is 24.9 Å². The molecule has 3 aromatic rings. The molecule has 4 nitrogen and oxygen atoms in total. The lowest BCUT2D eigenvalue weighted by atomic mass is 10.0. The Hall–Kier alpha value is -3.01. The average molecular weight is 349 g/mol. The molecule has 3 aromatic carbocycles. The number of hydrogen-bond donors (Lipinski definition) is 1. The molecule has 0 aromatic heterocycles. The fourth-order valence-electron chi connectivity index (χ4n) is 2.96. The molecule has 1 N–H and O–H groups in total. The maximum Gasteiger partial charge on any atom is 0.258 e. The number of benzene rings is 3. The second-order valence-corrected chi connectivity index (χ2v) is 6.07. The van der Waals surface area contributed by atoms with E-state index >= 15 is 0 Å². The summed E-state index contributed by atoms with van der Waals surface area (Å²) in [5.41, 5.74) is 1.05. The van der Waals surface area contributed by atoms with Crippen LogP contribution in [0.15, 0.2) is 66.7 Å². The number of methoxy groups -OCH3 is 1. The highest BCUT2D eigenvalue weighted by molar-refractivity contribution is 5.88. The molecule has 1 atom stereocenters. The van der Waals surface area contributed by atoms with Crippen LogP contribution in [-0.4, -0.2) is 19.6 Å². The maximum atomic E-state index is 12.4. The van der Waals surface area contributed by atoms with E-state index in [1.807, 2.05) is 73.7 Å². The van der Waals surface area contributed by atoms with Crippen molar-refractivity contribution in [1.82, 2.24) is 5.32 Å². The second-order valence-electron chi connectivity index (χ2n) is 6.07. The highest BCUT2D eigenvalue weighted by Gasteiger charge is 2.13. The molecule has 134 valence electrons. The number of nitrogens with one attached hydrogen (secondary N) is 1. The summed E-state index contributed by atoms with van der Waals surface area (Å²) in [7, 11) is 1.64. The number of ether oxygens (including phenoxy) is 2. The first kappa shape index (κ1) is 17.8. The van der Waals surface area contributed by atoms with Gasteiger partial charge in [-0.3, -0.25) is 4.79 Å². The average Bonchev–Trinajstić information content (AvgIpc) is 2.70. The number of rotatable bonds is 7. The van der Waals surface area contributed by atoms with Crippen molar-refractivity contribution in [2.24, 2.45) is 0 Å². The molecule has 26 heavy (non-hydrogen) atoms. The van der Waals surface area contributed by atoms with Crippen LogP contribution in [0.5, 0.6) is 11.5 Å². The van der Waals surface area contributed by atoms with Gasteiger partial charge in [-0.25, -0.2) is 0 Å². The molecule has 3 rings (SSSR count). The summed E-state index contributed by atoms with van der Waals surface area (Å²) in [6.45, 7) is 2.03. The van der Waals surface area contributed by atoms with Crippen LogP contribution in [0.3, 0.4) is 0 Å². The van der Waals surface area contributed by atoms with Crippen LogP contribution in [0, 0.1) is 0 Å². The Morgan fingerprint density at radius 3 is 2.46 bits per heavy atom. The summed E-state index contributed by atoms with van der Waals surface area (Å²) >= 11 is 0. The number of fused-ring (bicyclic) bond motifs is 1. The number of amides is 1. The molecule has 0 aliphatic rings. The molecule has 0 spiro atoms. The van der Waals surface area contributed by atoms with E-state index in [9.17, 15) is 4.79 Å². The Bertz CT molecular complexity index is 869. The van der Waals surface area contributed by atoms with E-state index in [1.54, 1.807) is 7.11 Å². The summed E-state index contributed by atoms with van der Waals surface area (Å²) in [6.07, 6.45) is 0.798. The van der Waals surface area contributed by atoms with Gasteiger partial charge in [0.1, 0.15) is 11.5 Å². The van der Waals surface area contributed by atoms with Gasteiger partial charge >= 0.3 is 0 Å². The van der Waals surface area contributed by atoms with Crippen LogP contribution in [-0.2, 0) is 4.79 Å². The molecular formula is C22H23NO3. The van der Waals surface area contributed by atoms with Crippen LogP contribution in [0.4, 0.5) is 0 Å². The van der Waals surface area contributed by atoms with E-state index in [1.165, 1.54) is 0 Å². The van der Waals surface area contributed by atoms with Gasteiger partial charge in [0.15, 0.2) is 6.61 Å². The Morgan fingerprint density at radius 1 is 1.00 bits per heavy atom. The molecule has 4 heteroatoms. The van der Waals surface area contributed by atoms with E-state index in [0.29, 0.717) is 0 Å². The summed E-state index contributed by atoms with van der Waals surface area (Å²) in [4.78, 5) is 12.4. The predicted octanol–water partition coefficient (Wildman–Crippen LogP) is 4.49. The van der Waals surface area contributed by atoms with E-state index in [0.717, 1.165) is 34.3 Å². The highest BCUT2D eigenvalue weighted by atomic mass is 16.5. The first-order valence-electron chi connectivity index (χ1n) is 8.75. The Labute approximate surface area is 153 Å². The highest BCUT2D eigenvalue weighted by Crippen LogP contribution is 2.25. The van der Waals surface area contributed by atoms with Crippen molar-refractivity contribution >= 4 is 16.7 Å². The topological polar surface area (TPSA) is 47.6 Å². The molecule has 1 amide bonds. The minimum Gasteiger partial charge on any atom is -0.497 e. The fraction of sp³-hybridized carbons (Fsp3) is 0.227. The SMILES string of the molecule is CCC(NC(=O)COc1cccc2ccccc12)c1ccc(OC)cc1. The lowest BCUT2D eigenvalue weighted by Gasteiger charge is -2.18. The van der Waals surface area contributed by atoms with Crippen molar-refractivity contribution in [2.75, 3.05) is 13.7 Å². The molecule has 0 aliphatic heterocycles. The minimum absolute atomic E-state index is 0.0132. The third-order valence-corrected chi connectivity index (χ3v) is 4.37. The van der Waals surface area contributed by atoms with Gasteiger partial charge in [-0.1, -0.05) is 55.5 Å². The standard InChI is InChI=1S/C22H23NO3/c1-3-20(17-11-13-18(25-2)14-12-17)23-22(24)15-26-21-10-6-8-16-7-4-5-9-19(16)21/h4-14,20H,3,15H2,1-2H3,(H,23,24). The van der Waals surface area contributed by atoms with Crippen molar-refractivity contribution in [2.45, 2.75) is 19.4 Å². The quantitative estimate of drug-likeness (QED) is 0.683. The first-order valence-corrected chi connectivity index (χ1v) is 8.75. The molecular weight excluding hydrogens is 326 g/mol. The third kappa shape index (κ3) is 4.14. The predicted molar refractivity (Wildman–Crippen MR) is 104 cm³/mol. The van der Waals surface area contributed by atoms with E-state index in [2.05, 4.69) is 5.32 Å². The van der Waals surface area contributed by atoms with E-state index in [4.69, 9.17) is 9.47 Å². The zero-order valence-electron chi connectivity index (χ0n) is 15.1. The summed E-state index contributed by atoms with van der Waals surface area (Å²) < 4.78 is 10.9. The van der Waals surface area contributed by atoms with Gasteiger partial charge in [0, 0.05) is 5.39 Å². The van der Waals surface area contributed by atoms with Crippen molar-refractivity contribution in [3.63, 3.8) is 0 Å². The van der Waals surface area contributed by atoms with Gasteiger partial charge in [0.25, 0.3) is 5.91 Å². The maximum absolute atomic E-state index is 12.4. The van der Waals surface area contributed by atoms with Crippen molar-refractivity contribution in [1.29, 1.82) is 0 Å². The van der Waals surface area contributed by atoms with E-state index in [-0.39, 0.29) is 18.6 Å². The monoisotopic (exact) mass is 349 g/mol. The van der Waals surface area contributed by atoms with Crippen LogP contribution < -0.4 is 14.8 Å². The molecule has 0 saturated heterocycles. The molecule has 0 fully saturated rings. The third-order valence-electron chi connectivity index (χ3n) is 4.37. The molecule has 1 unspecified atom stereocenters. The van der Waals surface area contributed by atoms with Gasteiger partial charge < -0.3 is 14.8 Å². The zero-order valence-corrected chi connectivity index (χ0v) is 15.1. The van der Waals surface area contributed by atoms with Crippen molar-refractivity contribution in [3.8, 4) is 11.5 Å². The van der Waals surface area contributed by atoms with Gasteiger partial charge in [-0.2, -0.15) is 0 Å². The number of hydrogen-bond acceptors (Lipinski definition) is 3.